The summed E-state index contributed by atoms with van der Waals surface area (Å²) in [6.07, 6.45) is -0.366. The van der Waals surface area contributed by atoms with E-state index in [4.69, 9.17) is 0 Å². The number of nitrogens with one attached hydrogen (secondary N) is 1. The van der Waals surface area contributed by atoms with E-state index >= 15 is 0 Å². The summed E-state index contributed by atoms with van der Waals surface area (Å²) in [7, 11) is 0. The topological polar surface area (TPSA) is 35.5 Å². The maximum absolute atomic E-state index is 10.1. The molecule has 1 unspecified atom stereocenters. The third-order valence-corrected chi connectivity index (χ3v) is 3.61. The Morgan fingerprint density at radius 2 is 1.88 bits per heavy atom. The number of piperazine rings is 1. The maximum Gasteiger partial charge on any atom is 0.0916 e. The molecule has 88 valence electrons. The van der Waals surface area contributed by atoms with Crippen molar-refractivity contribution in [3.8, 4) is 0 Å². The molecule has 1 heterocycles. The maximum atomic E-state index is 10.1. The Bertz CT molecular complexity index is 322. The fourth-order valence-electron chi connectivity index (χ4n) is 1.93. The molecule has 1 saturated heterocycles. The van der Waals surface area contributed by atoms with Crippen LogP contribution in [0.1, 0.15) is 11.7 Å². The summed E-state index contributed by atoms with van der Waals surface area (Å²) in [5.74, 6) is 0. The molecular formula is C12H17IN2O. The number of aliphatic hydroxyl groups is 1. The Hall–Kier alpha value is -0.170. The first-order chi connectivity index (χ1) is 7.75. The van der Waals surface area contributed by atoms with Crippen molar-refractivity contribution in [3.63, 3.8) is 0 Å². The molecule has 0 aliphatic carbocycles. The zero-order chi connectivity index (χ0) is 11.4. The van der Waals surface area contributed by atoms with E-state index in [-0.39, 0.29) is 6.10 Å². The first kappa shape index (κ1) is 12.3. The van der Waals surface area contributed by atoms with Crippen LogP contribution in [-0.4, -0.2) is 42.7 Å². The van der Waals surface area contributed by atoms with Crippen molar-refractivity contribution in [1.82, 2.24) is 10.2 Å². The second kappa shape index (κ2) is 5.95. The van der Waals surface area contributed by atoms with Gasteiger partial charge >= 0.3 is 0 Å². The smallest absolute Gasteiger partial charge is 0.0916 e. The highest BCUT2D eigenvalue weighted by Gasteiger charge is 2.15. The summed E-state index contributed by atoms with van der Waals surface area (Å²) < 4.78 is 1.20. The van der Waals surface area contributed by atoms with Crippen molar-refractivity contribution in [2.24, 2.45) is 0 Å². The van der Waals surface area contributed by atoms with Gasteiger partial charge in [-0.25, -0.2) is 0 Å². The second-order valence-corrected chi connectivity index (χ2v) is 5.36. The number of benzene rings is 1. The standard InChI is InChI=1S/C12H17IN2O/c13-11-3-1-10(2-4-11)12(16)9-15-7-5-14-6-8-15/h1-4,12,14,16H,5-9H2. The van der Waals surface area contributed by atoms with Gasteiger partial charge in [-0.1, -0.05) is 12.1 Å². The highest BCUT2D eigenvalue weighted by molar-refractivity contribution is 14.1. The van der Waals surface area contributed by atoms with Crippen LogP contribution in [-0.2, 0) is 0 Å². The van der Waals surface area contributed by atoms with Gasteiger partial charge in [0.15, 0.2) is 0 Å². The van der Waals surface area contributed by atoms with Crippen LogP contribution in [0.5, 0.6) is 0 Å². The van der Waals surface area contributed by atoms with Gasteiger partial charge in [0.05, 0.1) is 6.10 Å². The van der Waals surface area contributed by atoms with Gasteiger partial charge in [0.2, 0.25) is 0 Å². The number of rotatable bonds is 3. The van der Waals surface area contributed by atoms with E-state index < -0.39 is 0 Å². The first-order valence-corrected chi connectivity index (χ1v) is 6.70. The summed E-state index contributed by atoms with van der Waals surface area (Å²) in [6.45, 7) is 4.85. The van der Waals surface area contributed by atoms with Crippen molar-refractivity contribution in [2.75, 3.05) is 32.7 Å². The Balaban J connectivity index is 1.91. The average molecular weight is 332 g/mol. The number of hydrogen-bond donors (Lipinski definition) is 2. The van der Waals surface area contributed by atoms with Gasteiger partial charge < -0.3 is 10.4 Å². The minimum Gasteiger partial charge on any atom is -0.387 e. The molecule has 0 saturated carbocycles. The molecule has 1 aromatic carbocycles. The Morgan fingerprint density at radius 1 is 1.25 bits per heavy atom. The molecule has 0 amide bonds. The molecule has 16 heavy (non-hydrogen) atoms. The Morgan fingerprint density at radius 3 is 2.50 bits per heavy atom. The van der Waals surface area contributed by atoms with Crippen molar-refractivity contribution in [3.05, 3.63) is 33.4 Å². The fourth-order valence-corrected chi connectivity index (χ4v) is 2.29. The van der Waals surface area contributed by atoms with Crippen LogP contribution < -0.4 is 5.32 Å². The normalized spacial score (nSPS) is 19.6. The number of β-amino-alcohol motifs (C(OH)–C–C–N with tert-alkyl or cyclic N) is 1. The third-order valence-electron chi connectivity index (χ3n) is 2.90. The molecule has 4 heteroatoms. The van der Waals surface area contributed by atoms with E-state index in [0.29, 0.717) is 0 Å². The number of halogens is 1. The minimum atomic E-state index is -0.366. The zero-order valence-electron chi connectivity index (χ0n) is 9.19. The van der Waals surface area contributed by atoms with E-state index in [9.17, 15) is 5.11 Å². The minimum absolute atomic E-state index is 0.366. The van der Waals surface area contributed by atoms with Crippen molar-refractivity contribution >= 4 is 22.6 Å². The lowest BCUT2D eigenvalue weighted by atomic mass is 10.1. The van der Waals surface area contributed by atoms with Crippen LogP contribution in [0.15, 0.2) is 24.3 Å². The number of aliphatic hydroxyl groups excluding tert-OH is 1. The van der Waals surface area contributed by atoms with E-state index in [2.05, 4.69) is 32.8 Å². The lowest BCUT2D eigenvalue weighted by Crippen LogP contribution is -2.44. The summed E-state index contributed by atoms with van der Waals surface area (Å²) in [5, 5.41) is 13.4. The van der Waals surface area contributed by atoms with Crippen LogP contribution in [0.2, 0.25) is 0 Å². The zero-order valence-corrected chi connectivity index (χ0v) is 11.4. The van der Waals surface area contributed by atoms with Crippen LogP contribution in [0.25, 0.3) is 0 Å². The lowest BCUT2D eigenvalue weighted by molar-refractivity contribution is 0.105. The number of hydrogen-bond acceptors (Lipinski definition) is 3. The quantitative estimate of drug-likeness (QED) is 0.818. The van der Waals surface area contributed by atoms with Gasteiger partial charge in [0, 0.05) is 36.3 Å². The van der Waals surface area contributed by atoms with Crippen LogP contribution in [0, 0.1) is 3.57 Å². The predicted octanol–water partition coefficient (Wildman–Crippen LogP) is 1.23. The molecule has 0 bridgehead atoms. The van der Waals surface area contributed by atoms with Gasteiger partial charge in [-0.3, -0.25) is 4.90 Å². The lowest BCUT2D eigenvalue weighted by Gasteiger charge is -2.29. The molecule has 1 atom stereocenters. The molecule has 1 aromatic rings. The highest BCUT2D eigenvalue weighted by atomic mass is 127. The predicted molar refractivity (Wildman–Crippen MR) is 73.4 cm³/mol. The molecule has 1 aliphatic heterocycles. The average Bonchev–Trinajstić information content (AvgIpc) is 2.31. The monoisotopic (exact) mass is 332 g/mol. The molecule has 3 nitrogen and oxygen atoms in total. The van der Waals surface area contributed by atoms with Crippen LogP contribution in [0.4, 0.5) is 0 Å². The van der Waals surface area contributed by atoms with Crippen molar-refractivity contribution < 1.29 is 5.11 Å². The molecule has 1 aliphatic rings. The summed E-state index contributed by atoms with van der Waals surface area (Å²) >= 11 is 2.27. The molecular weight excluding hydrogens is 315 g/mol. The van der Waals surface area contributed by atoms with Crippen LogP contribution >= 0.6 is 22.6 Å². The Labute approximate surface area is 110 Å². The molecule has 0 radical (unpaired) electrons. The Kier molecular flexibility index (Phi) is 4.57. The third kappa shape index (κ3) is 3.41. The largest absolute Gasteiger partial charge is 0.387 e. The summed E-state index contributed by atoms with van der Waals surface area (Å²) in [6, 6.07) is 8.09. The highest BCUT2D eigenvalue weighted by Crippen LogP contribution is 2.16. The SMILES string of the molecule is OC(CN1CCNCC1)c1ccc(I)cc1. The molecule has 1 fully saturated rings. The van der Waals surface area contributed by atoms with E-state index in [1.165, 1.54) is 3.57 Å². The van der Waals surface area contributed by atoms with Crippen molar-refractivity contribution in [1.29, 1.82) is 0 Å². The van der Waals surface area contributed by atoms with Crippen LogP contribution in [0.3, 0.4) is 0 Å². The van der Waals surface area contributed by atoms with Gasteiger partial charge in [0.25, 0.3) is 0 Å². The molecule has 0 aromatic heterocycles. The fraction of sp³-hybridized carbons (Fsp3) is 0.500. The van der Waals surface area contributed by atoms with Crippen molar-refractivity contribution in [2.45, 2.75) is 6.10 Å². The second-order valence-electron chi connectivity index (χ2n) is 4.12. The first-order valence-electron chi connectivity index (χ1n) is 5.62. The van der Waals surface area contributed by atoms with E-state index in [0.717, 1.165) is 38.3 Å². The molecule has 2 rings (SSSR count). The van der Waals surface area contributed by atoms with E-state index in [1.807, 2.05) is 24.3 Å². The van der Waals surface area contributed by atoms with Gasteiger partial charge in [0.1, 0.15) is 0 Å². The van der Waals surface area contributed by atoms with Gasteiger partial charge in [-0.05, 0) is 40.3 Å². The summed E-state index contributed by atoms with van der Waals surface area (Å²) in [5.41, 5.74) is 1.01. The summed E-state index contributed by atoms with van der Waals surface area (Å²) in [4.78, 5) is 2.30. The molecule has 2 N–H and O–H groups in total. The van der Waals surface area contributed by atoms with E-state index in [1.54, 1.807) is 0 Å². The number of nitrogens with zero attached hydrogens (tertiary/aromatic N) is 1. The van der Waals surface area contributed by atoms with Gasteiger partial charge in [-0.2, -0.15) is 0 Å². The molecule has 0 spiro atoms. The van der Waals surface area contributed by atoms with Gasteiger partial charge in [-0.15, -0.1) is 0 Å².